The Morgan fingerprint density at radius 2 is 2.20 bits per heavy atom. The molecule has 108 valence electrons. The lowest BCUT2D eigenvalue weighted by molar-refractivity contribution is -0.385. The molecule has 1 aliphatic rings. The topological polar surface area (TPSA) is 88.4 Å². The zero-order valence-electron chi connectivity index (χ0n) is 11.5. The number of carbonyl (C=O) groups is 1. The van der Waals surface area contributed by atoms with Gasteiger partial charge in [0.2, 0.25) is 5.91 Å². The fourth-order valence-corrected chi connectivity index (χ4v) is 2.23. The van der Waals surface area contributed by atoms with Crippen LogP contribution in [0.15, 0.2) is 12.3 Å². The van der Waals surface area contributed by atoms with Gasteiger partial charge in [0, 0.05) is 37.8 Å². The molecule has 1 aliphatic heterocycles. The molecule has 20 heavy (non-hydrogen) atoms. The average molecular weight is 278 g/mol. The first-order valence-corrected chi connectivity index (χ1v) is 6.70. The Morgan fingerprint density at radius 3 is 2.85 bits per heavy atom. The van der Waals surface area contributed by atoms with E-state index >= 15 is 0 Å². The normalized spacial score (nSPS) is 14.3. The highest BCUT2D eigenvalue weighted by Crippen LogP contribution is 2.19. The summed E-state index contributed by atoms with van der Waals surface area (Å²) in [5, 5.41) is 13.8. The highest BCUT2D eigenvalue weighted by Gasteiger charge is 2.17. The molecule has 1 saturated heterocycles. The Bertz CT molecular complexity index is 512. The van der Waals surface area contributed by atoms with E-state index in [4.69, 9.17) is 0 Å². The number of likely N-dealkylation sites (tertiary alicyclic amines) is 1. The van der Waals surface area contributed by atoms with E-state index in [1.165, 1.54) is 12.3 Å². The quantitative estimate of drug-likeness (QED) is 0.654. The second-order valence-electron chi connectivity index (χ2n) is 4.88. The van der Waals surface area contributed by atoms with Gasteiger partial charge in [0.25, 0.3) is 5.69 Å². The molecule has 0 spiro atoms. The van der Waals surface area contributed by atoms with E-state index in [0.29, 0.717) is 24.3 Å². The monoisotopic (exact) mass is 278 g/mol. The molecule has 0 unspecified atom stereocenters. The van der Waals surface area contributed by atoms with Gasteiger partial charge < -0.3 is 10.2 Å². The van der Waals surface area contributed by atoms with E-state index in [1.54, 1.807) is 6.92 Å². The van der Waals surface area contributed by atoms with Crippen LogP contribution in [0, 0.1) is 17.0 Å². The number of amides is 1. The number of pyridine rings is 1. The fourth-order valence-electron chi connectivity index (χ4n) is 2.23. The molecular weight excluding hydrogens is 260 g/mol. The third kappa shape index (κ3) is 3.43. The van der Waals surface area contributed by atoms with Crippen LogP contribution in [0.1, 0.15) is 24.8 Å². The first-order chi connectivity index (χ1) is 9.58. The van der Waals surface area contributed by atoms with E-state index in [1.807, 2.05) is 4.90 Å². The van der Waals surface area contributed by atoms with Gasteiger partial charge in [-0.05, 0) is 19.8 Å². The first-order valence-electron chi connectivity index (χ1n) is 6.70. The zero-order valence-corrected chi connectivity index (χ0v) is 11.5. The highest BCUT2D eigenvalue weighted by molar-refractivity contribution is 5.76. The molecule has 2 rings (SSSR count). The maximum atomic E-state index is 11.8. The molecule has 0 saturated carbocycles. The Morgan fingerprint density at radius 1 is 1.50 bits per heavy atom. The lowest BCUT2D eigenvalue weighted by atomic mass is 10.2. The molecule has 1 aromatic heterocycles. The van der Waals surface area contributed by atoms with Crippen LogP contribution in [-0.2, 0) is 4.79 Å². The second-order valence-corrected chi connectivity index (χ2v) is 4.88. The van der Waals surface area contributed by atoms with Gasteiger partial charge in [0.15, 0.2) is 0 Å². The number of hydrogen-bond donors (Lipinski definition) is 1. The third-order valence-electron chi connectivity index (χ3n) is 3.38. The van der Waals surface area contributed by atoms with Crippen LogP contribution in [0.2, 0.25) is 0 Å². The van der Waals surface area contributed by atoms with Crippen LogP contribution < -0.4 is 5.32 Å². The molecule has 2 heterocycles. The molecule has 0 aromatic carbocycles. The van der Waals surface area contributed by atoms with Crippen LogP contribution >= 0.6 is 0 Å². The minimum absolute atomic E-state index is 0.0355. The van der Waals surface area contributed by atoms with Crippen LogP contribution in [0.25, 0.3) is 0 Å². The van der Waals surface area contributed by atoms with Crippen molar-refractivity contribution < 1.29 is 9.72 Å². The van der Waals surface area contributed by atoms with E-state index in [9.17, 15) is 14.9 Å². The third-order valence-corrected chi connectivity index (χ3v) is 3.38. The number of nitrogens with one attached hydrogen (secondary N) is 1. The lowest BCUT2D eigenvalue weighted by Crippen LogP contribution is -2.29. The zero-order chi connectivity index (χ0) is 14.5. The molecule has 1 amide bonds. The van der Waals surface area contributed by atoms with E-state index in [-0.39, 0.29) is 11.6 Å². The largest absolute Gasteiger partial charge is 0.369 e. The Balaban J connectivity index is 1.86. The molecule has 0 aliphatic carbocycles. The van der Waals surface area contributed by atoms with Gasteiger partial charge in [-0.3, -0.25) is 14.9 Å². The number of nitro groups is 1. The van der Waals surface area contributed by atoms with Crippen molar-refractivity contribution in [2.45, 2.75) is 26.2 Å². The van der Waals surface area contributed by atoms with Crippen molar-refractivity contribution in [2.75, 3.05) is 25.0 Å². The minimum Gasteiger partial charge on any atom is -0.369 e. The van der Waals surface area contributed by atoms with E-state index in [0.717, 1.165) is 25.9 Å². The maximum absolute atomic E-state index is 11.8. The number of carbonyl (C=O) groups excluding carboxylic acids is 1. The highest BCUT2D eigenvalue weighted by atomic mass is 16.6. The molecule has 7 heteroatoms. The number of aromatic nitrogens is 1. The van der Waals surface area contributed by atoms with Gasteiger partial charge in [-0.2, -0.15) is 0 Å². The summed E-state index contributed by atoms with van der Waals surface area (Å²) in [6, 6.07) is 1.40. The van der Waals surface area contributed by atoms with Crippen molar-refractivity contribution in [1.82, 2.24) is 9.88 Å². The van der Waals surface area contributed by atoms with E-state index < -0.39 is 4.92 Å². The summed E-state index contributed by atoms with van der Waals surface area (Å²) in [6.07, 6.45) is 3.99. The van der Waals surface area contributed by atoms with Crippen LogP contribution in [0.5, 0.6) is 0 Å². The molecule has 1 aromatic rings. The van der Waals surface area contributed by atoms with Gasteiger partial charge in [-0.1, -0.05) is 0 Å². The van der Waals surface area contributed by atoms with Crippen LogP contribution in [-0.4, -0.2) is 40.3 Å². The number of anilines is 1. The fraction of sp³-hybridized carbons (Fsp3) is 0.538. The molecule has 0 radical (unpaired) electrons. The Labute approximate surface area is 117 Å². The van der Waals surface area contributed by atoms with Crippen molar-refractivity contribution in [1.29, 1.82) is 0 Å². The van der Waals surface area contributed by atoms with Gasteiger partial charge in [-0.25, -0.2) is 4.98 Å². The first kappa shape index (κ1) is 14.2. The predicted octanol–water partition coefficient (Wildman–Crippen LogP) is 1.72. The van der Waals surface area contributed by atoms with Crippen LogP contribution in [0.3, 0.4) is 0 Å². The molecule has 0 atom stereocenters. The van der Waals surface area contributed by atoms with Crippen molar-refractivity contribution in [2.24, 2.45) is 0 Å². The van der Waals surface area contributed by atoms with Crippen molar-refractivity contribution in [3.05, 3.63) is 27.9 Å². The van der Waals surface area contributed by atoms with Crippen molar-refractivity contribution in [3.8, 4) is 0 Å². The standard InChI is InChI=1S/C13H18N4O3/c1-10-9-15-12(8-11(10)17(19)20)14-5-4-13(18)16-6-2-3-7-16/h8-9H,2-7H2,1H3,(H,14,15). The average Bonchev–Trinajstić information content (AvgIpc) is 2.94. The smallest absolute Gasteiger partial charge is 0.277 e. The van der Waals surface area contributed by atoms with E-state index in [2.05, 4.69) is 10.3 Å². The SMILES string of the molecule is Cc1cnc(NCCC(=O)N2CCCC2)cc1[N+](=O)[O-]. The molecule has 7 nitrogen and oxygen atoms in total. The number of nitrogens with zero attached hydrogens (tertiary/aromatic N) is 3. The summed E-state index contributed by atoms with van der Waals surface area (Å²) in [7, 11) is 0. The predicted molar refractivity (Wildman–Crippen MR) is 74.5 cm³/mol. The summed E-state index contributed by atoms with van der Waals surface area (Å²) in [5.74, 6) is 0.549. The Hall–Kier alpha value is -2.18. The van der Waals surface area contributed by atoms with Gasteiger partial charge in [0.05, 0.1) is 11.0 Å². The molecule has 0 bridgehead atoms. The number of hydrogen-bond acceptors (Lipinski definition) is 5. The van der Waals surface area contributed by atoms with Gasteiger partial charge in [-0.15, -0.1) is 0 Å². The summed E-state index contributed by atoms with van der Waals surface area (Å²) in [5.41, 5.74) is 0.557. The van der Waals surface area contributed by atoms with Gasteiger partial charge in [0.1, 0.15) is 5.82 Å². The maximum Gasteiger partial charge on any atom is 0.277 e. The molecule has 1 fully saturated rings. The van der Waals surface area contributed by atoms with Crippen molar-refractivity contribution in [3.63, 3.8) is 0 Å². The second kappa shape index (κ2) is 6.31. The summed E-state index contributed by atoms with van der Waals surface area (Å²) < 4.78 is 0. The lowest BCUT2D eigenvalue weighted by Gasteiger charge is -2.15. The number of aryl methyl sites for hydroxylation is 1. The number of rotatable bonds is 5. The van der Waals surface area contributed by atoms with Gasteiger partial charge >= 0.3 is 0 Å². The van der Waals surface area contributed by atoms with Crippen molar-refractivity contribution >= 4 is 17.4 Å². The summed E-state index contributed by atoms with van der Waals surface area (Å²) >= 11 is 0. The van der Waals surface area contributed by atoms with Crippen LogP contribution in [0.4, 0.5) is 11.5 Å². The molecular formula is C13H18N4O3. The molecule has 1 N–H and O–H groups in total. The summed E-state index contributed by atoms with van der Waals surface area (Å²) in [6.45, 7) is 3.76. The summed E-state index contributed by atoms with van der Waals surface area (Å²) in [4.78, 5) is 28.1. The minimum atomic E-state index is -0.433. The Kier molecular flexibility index (Phi) is 4.49.